The van der Waals surface area contributed by atoms with Crippen LogP contribution >= 0.6 is 0 Å². The van der Waals surface area contributed by atoms with Crippen LogP contribution in [0.5, 0.6) is 0 Å². The van der Waals surface area contributed by atoms with Gasteiger partial charge in [-0.25, -0.2) is 4.79 Å². The maximum atomic E-state index is 12.0. The fourth-order valence-corrected chi connectivity index (χ4v) is 3.35. The van der Waals surface area contributed by atoms with Gasteiger partial charge in [-0.2, -0.15) is 0 Å². The van der Waals surface area contributed by atoms with Crippen molar-refractivity contribution in [3.05, 3.63) is 35.9 Å². The van der Waals surface area contributed by atoms with Crippen LogP contribution in [-0.2, 0) is 11.3 Å². The zero-order valence-corrected chi connectivity index (χ0v) is 15.2. The molecule has 1 heterocycles. The molecule has 1 aliphatic heterocycles. The first-order chi connectivity index (χ1) is 11.7. The topological polar surface area (TPSA) is 32.8 Å². The second-order valence-corrected chi connectivity index (χ2v) is 6.89. The molecule has 0 N–H and O–H groups in total. The zero-order chi connectivity index (χ0) is 17.2. The number of ether oxygens (including phenoxy) is 1. The summed E-state index contributed by atoms with van der Waals surface area (Å²) in [7, 11) is 1.83. The Kier molecular flexibility index (Phi) is 8.10. The summed E-state index contributed by atoms with van der Waals surface area (Å²) in [4.78, 5) is 16.3. The summed E-state index contributed by atoms with van der Waals surface area (Å²) in [6.07, 6.45) is 5.92. The highest BCUT2D eigenvalue weighted by atomic mass is 16.6. The highest BCUT2D eigenvalue weighted by Gasteiger charge is 2.18. The van der Waals surface area contributed by atoms with Crippen LogP contribution in [0.15, 0.2) is 30.3 Å². The number of carbonyl (C=O) groups is 1. The number of likely N-dealkylation sites (tertiary alicyclic amines) is 1. The van der Waals surface area contributed by atoms with Crippen LogP contribution < -0.4 is 0 Å². The number of amides is 1. The molecule has 0 saturated carbocycles. The van der Waals surface area contributed by atoms with Gasteiger partial charge in [0.1, 0.15) is 6.61 Å². The standard InChI is InChI=1S/C20H32N2O2/c1-3-13-22-15-11-18(12-16-22)10-7-14-21(2)20(23)24-17-19-8-5-4-6-9-19/h4-6,8-9,18H,3,7,10-17H2,1-2H3. The summed E-state index contributed by atoms with van der Waals surface area (Å²) in [6, 6.07) is 9.82. The number of hydrogen-bond acceptors (Lipinski definition) is 3. The van der Waals surface area contributed by atoms with Crippen LogP contribution in [0.3, 0.4) is 0 Å². The second-order valence-electron chi connectivity index (χ2n) is 6.89. The fourth-order valence-electron chi connectivity index (χ4n) is 3.35. The Labute approximate surface area is 146 Å². The maximum Gasteiger partial charge on any atom is 0.409 e. The first-order valence-electron chi connectivity index (χ1n) is 9.33. The quantitative estimate of drug-likeness (QED) is 0.717. The van der Waals surface area contributed by atoms with E-state index in [0.29, 0.717) is 6.61 Å². The molecule has 1 aliphatic rings. The van der Waals surface area contributed by atoms with Crippen LogP contribution in [0.25, 0.3) is 0 Å². The van der Waals surface area contributed by atoms with Gasteiger partial charge in [0.25, 0.3) is 0 Å². The monoisotopic (exact) mass is 332 g/mol. The summed E-state index contributed by atoms with van der Waals surface area (Å²) in [5, 5.41) is 0. The number of carbonyl (C=O) groups excluding carboxylic acids is 1. The molecule has 0 radical (unpaired) electrons. The molecule has 4 heteroatoms. The van der Waals surface area contributed by atoms with Crippen molar-refractivity contribution in [1.29, 1.82) is 0 Å². The minimum atomic E-state index is -0.225. The van der Waals surface area contributed by atoms with Crippen molar-refractivity contribution in [3.63, 3.8) is 0 Å². The van der Waals surface area contributed by atoms with Crippen LogP contribution in [0.2, 0.25) is 0 Å². The third-order valence-corrected chi connectivity index (χ3v) is 4.87. The van der Waals surface area contributed by atoms with E-state index in [-0.39, 0.29) is 6.09 Å². The van der Waals surface area contributed by atoms with Gasteiger partial charge < -0.3 is 14.5 Å². The molecule has 1 saturated heterocycles. The number of hydrogen-bond donors (Lipinski definition) is 0. The highest BCUT2D eigenvalue weighted by Crippen LogP contribution is 2.22. The van der Waals surface area contributed by atoms with Gasteiger partial charge in [0.05, 0.1) is 0 Å². The molecular weight excluding hydrogens is 300 g/mol. The van der Waals surface area contributed by atoms with E-state index in [1.54, 1.807) is 4.90 Å². The van der Waals surface area contributed by atoms with E-state index in [9.17, 15) is 4.79 Å². The number of rotatable bonds is 8. The maximum absolute atomic E-state index is 12.0. The third-order valence-electron chi connectivity index (χ3n) is 4.87. The average molecular weight is 332 g/mol. The summed E-state index contributed by atoms with van der Waals surface area (Å²) < 4.78 is 5.35. The normalized spacial score (nSPS) is 16.1. The molecule has 2 rings (SSSR count). The van der Waals surface area contributed by atoms with Gasteiger partial charge in [-0.15, -0.1) is 0 Å². The Morgan fingerprint density at radius 3 is 2.62 bits per heavy atom. The number of nitrogens with zero attached hydrogens (tertiary/aromatic N) is 2. The Morgan fingerprint density at radius 1 is 1.25 bits per heavy atom. The molecule has 1 amide bonds. The largest absolute Gasteiger partial charge is 0.445 e. The van der Waals surface area contributed by atoms with E-state index in [4.69, 9.17) is 4.74 Å². The first-order valence-corrected chi connectivity index (χ1v) is 9.33. The predicted molar refractivity (Wildman–Crippen MR) is 97.9 cm³/mol. The van der Waals surface area contributed by atoms with Crippen molar-refractivity contribution in [2.75, 3.05) is 33.2 Å². The number of piperidine rings is 1. The summed E-state index contributed by atoms with van der Waals surface area (Å²) in [5.41, 5.74) is 1.03. The van der Waals surface area contributed by atoms with E-state index in [1.807, 2.05) is 37.4 Å². The molecule has 1 aromatic carbocycles. The Bertz CT molecular complexity index is 470. The van der Waals surface area contributed by atoms with Gasteiger partial charge in [-0.05, 0) is 63.2 Å². The van der Waals surface area contributed by atoms with Crippen molar-refractivity contribution >= 4 is 6.09 Å². The van der Waals surface area contributed by atoms with Crippen LogP contribution in [0, 0.1) is 5.92 Å². The van der Waals surface area contributed by atoms with Crippen LogP contribution in [-0.4, -0.2) is 49.1 Å². The van der Waals surface area contributed by atoms with E-state index in [1.165, 1.54) is 45.3 Å². The molecule has 0 bridgehead atoms. The van der Waals surface area contributed by atoms with Crippen molar-refractivity contribution in [2.45, 2.75) is 45.6 Å². The Morgan fingerprint density at radius 2 is 1.96 bits per heavy atom. The van der Waals surface area contributed by atoms with E-state index >= 15 is 0 Å². The number of benzene rings is 1. The van der Waals surface area contributed by atoms with Gasteiger partial charge in [0, 0.05) is 13.6 Å². The average Bonchev–Trinajstić information content (AvgIpc) is 2.62. The molecule has 1 aromatic rings. The molecule has 24 heavy (non-hydrogen) atoms. The molecule has 0 spiro atoms. The molecule has 1 fully saturated rings. The van der Waals surface area contributed by atoms with Crippen molar-refractivity contribution in [2.24, 2.45) is 5.92 Å². The van der Waals surface area contributed by atoms with E-state index in [0.717, 1.165) is 24.4 Å². The third kappa shape index (κ3) is 6.52. The minimum Gasteiger partial charge on any atom is -0.445 e. The molecule has 0 aromatic heterocycles. The predicted octanol–water partition coefficient (Wildman–Crippen LogP) is 4.16. The highest BCUT2D eigenvalue weighted by molar-refractivity contribution is 5.67. The van der Waals surface area contributed by atoms with Gasteiger partial charge >= 0.3 is 6.09 Å². The van der Waals surface area contributed by atoms with Crippen LogP contribution in [0.4, 0.5) is 4.79 Å². The molecule has 0 atom stereocenters. The summed E-state index contributed by atoms with van der Waals surface area (Å²) >= 11 is 0. The lowest BCUT2D eigenvalue weighted by Gasteiger charge is -2.31. The SMILES string of the molecule is CCCN1CCC(CCCN(C)C(=O)OCc2ccccc2)CC1. The van der Waals surface area contributed by atoms with Crippen molar-refractivity contribution in [3.8, 4) is 0 Å². The summed E-state index contributed by atoms with van der Waals surface area (Å²) in [6.45, 7) is 7.10. The molecule has 0 aliphatic carbocycles. The summed E-state index contributed by atoms with van der Waals surface area (Å²) in [5.74, 6) is 0.826. The molecule has 134 valence electrons. The van der Waals surface area contributed by atoms with Gasteiger partial charge in [0.15, 0.2) is 0 Å². The lowest BCUT2D eigenvalue weighted by Crippen LogP contribution is -2.34. The second kappa shape index (κ2) is 10.3. The Balaban J connectivity index is 1.57. The molecular formula is C20H32N2O2. The molecule has 0 unspecified atom stereocenters. The van der Waals surface area contributed by atoms with E-state index < -0.39 is 0 Å². The Hall–Kier alpha value is -1.55. The molecule has 4 nitrogen and oxygen atoms in total. The van der Waals surface area contributed by atoms with Gasteiger partial charge in [0.2, 0.25) is 0 Å². The minimum absolute atomic E-state index is 0.225. The fraction of sp³-hybridized carbons (Fsp3) is 0.650. The van der Waals surface area contributed by atoms with Crippen molar-refractivity contribution < 1.29 is 9.53 Å². The van der Waals surface area contributed by atoms with Gasteiger partial charge in [-0.1, -0.05) is 37.3 Å². The van der Waals surface area contributed by atoms with Crippen LogP contribution in [0.1, 0.15) is 44.6 Å². The lowest BCUT2D eigenvalue weighted by molar-refractivity contribution is 0.103. The lowest BCUT2D eigenvalue weighted by atomic mass is 9.92. The first kappa shape index (κ1) is 18.8. The smallest absolute Gasteiger partial charge is 0.409 e. The zero-order valence-electron chi connectivity index (χ0n) is 15.2. The van der Waals surface area contributed by atoms with E-state index in [2.05, 4.69) is 11.8 Å². The van der Waals surface area contributed by atoms with Gasteiger partial charge in [-0.3, -0.25) is 0 Å². The van der Waals surface area contributed by atoms with Crippen molar-refractivity contribution in [1.82, 2.24) is 9.80 Å².